The van der Waals surface area contributed by atoms with Crippen molar-refractivity contribution >= 4 is 23.0 Å². The number of unbranched alkanes of at least 4 members (excludes halogenated alkanes) is 1. The summed E-state index contributed by atoms with van der Waals surface area (Å²) in [5.74, 6) is 0. The predicted octanol–water partition coefficient (Wildman–Crippen LogP) is 1.26. The predicted molar refractivity (Wildman–Crippen MR) is 73.1 cm³/mol. The lowest BCUT2D eigenvalue weighted by molar-refractivity contribution is 0.740. The van der Waals surface area contributed by atoms with E-state index in [1.807, 2.05) is 11.3 Å². The van der Waals surface area contributed by atoms with Gasteiger partial charge in [-0.05, 0) is 49.5 Å². The Hall–Kier alpha value is -1.19. The molecule has 0 aromatic carbocycles. The van der Waals surface area contributed by atoms with Crippen molar-refractivity contribution in [3.05, 3.63) is 38.7 Å². The first-order valence-electron chi connectivity index (χ1n) is 6.16. The number of hydrogen-bond acceptors (Lipinski definition) is 3. The van der Waals surface area contributed by atoms with Crippen LogP contribution in [0.2, 0.25) is 0 Å². The van der Waals surface area contributed by atoms with Gasteiger partial charge < -0.3 is 5.73 Å². The molecule has 0 radical (unpaired) electrons. The summed E-state index contributed by atoms with van der Waals surface area (Å²) in [5, 5.41) is 2.49. The fourth-order valence-corrected chi connectivity index (χ4v) is 3.39. The number of hydrogen-bond donors (Lipinski definition) is 1. The molecule has 1 aromatic heterocycles. The van der Waals surface area contributed by atoms with Crippen LogP contribution in [0.25, 0.3) is 11.6 Å². The third-order valence-corrected chi connectivity index (χ3v) is 4.26. The van der Waals surface area contributed by atoms with Crippen LogP contribution in [0.1, 0.15) is 24.3 Å². The van der Waals surface area contributed by atoms with E-state index in [-0.39, 0.29) is 0 Å². The maximum Gasteiger partial charge on any atom is 0.0938 e. The smallest absolute Gasteiger partial charge is 0.0938 e. The lowest BCUT2D eigenvalue weighted by Gasteiger charge is -2.04. The van der Waals surface area contributed by atoms with E-state index in [9.17, 15) is 0 Å². The van der Waals surface area contributed by atoms with E-state index in [0.717, 1.165) is 32.2 Å². The Kier molecular flexibility index (Phi) is 2.95. The van der Waals surface area contributed by atoms with E-state index in [0.29, 0.717) is 0 Å². The highest BCUT2D eigenvalue weighted by Gasteiger charge is 2.15. The molecule has 2 aliphatic carbocycles. The molecule has 2 nitrogen and oxygen atoms in total. The average molecular weight is 244 g/mol. The summed E-state index contributed by atoms with van der Waals surface area (Å²) in [6.07, 6.45) is 13.1. The summed E-state index contributed by atoms with van der Waals surface area (Å²) in [7, 11) is 0. The number of nitrogens with two attached hydrogens (primary N) is 1. The summed E-state index contributed by atoms with van der Waals surface area (Å²) in [6.45, 7) is 0.784. The van der Waals surface area contributed by atoms with Crippen molar-refractivity contribution in [2.75, 3.05) is 6.54 Å². The fourth-order valence-electron chi connectivity index (χ4n) is 2.31. The Labute approximate surface area is 105 Å². The van der Waals surface area contributed by atoms with Crippen molar-refractivity contribution in [1.82, 2.24) is 4.98 Å². The van der Waals surface area contributed by atoms with E-state index in [2.05, 4.69) is 24.3 Å². The van der Waals surface area contributed by atoms with Gasteiger partial charge in [-0.25, -0.2) is 4.98 Å². The Morgan fingerprint density at radius 2 is 2.29 bits per heavy atom. The Balaban J connectivity index is 1.90. The van der Waals surface area contributed by atoms with Gasteiger partial charge in [0, 0.05) is 0 Å². The maximum atomic E-state index is 5.51. The van der Waals surface area contributed by atoms with Crippen LogP contribution in [0.5, 0.6) is 0 Å². The van der Waals surface area contributed by atoms with Gasteiger partial charge in [-0.15, -0.1) is 11.3 Å². The molecular weight excluding hydrogens is 228 g/mol. The fraction of sp³-hybridized carbons (Fsp3) is 0.357. The van der Waals surface area contributed by atoms with E-state index >= 15 is 0 Å². The van der Waals surface area contributed by atoms with Crippen LogP contribution < -0.4 is 15.6 Å². The Morgan fingerprint density at radius 1 is 1.35 bits per heavy atom. The second kappa shape index (κ2) is 4.59. The standard InChI is InChI=1S/C14H16N2S/c15-8-4-3-7-13-16-14-11-6-2-1-5-10(11)9-12(14)17-13/h1-2,5,9H,3-4,6-8,15H2. The first-order valence-corrected chi connectivity index (χ1v) is 6.98. The number of fused-ring (bicyclic) bond motifs is 2. The van der Waals surface area contributed by atoms with Gasteiger partial charge in [0.2, 0.25) is 0 Å². The van der Waals surface area contributed by atoms with Crippen molar-refractivity contribution < 1.29 is 0 Å². The third kappa shape index (κ3) is 2.01. The van der Waals surface area contributed by atoms with Gasteiger partial charge >= 0.3 is 0 Å². The van der Waals surface area contributed by atoms with Crippen LogP contribution in [0.4, 0.5) is 0 Å². The number of aromatic nitrogens is 1. The largest absolute Gasteiger partial charge is 0.330 e. The van der Waals surface area contributed by atoms with Crippen LogP contribution in [-0.4, -0.2) is 11.5 Å². The molecule has 1 heterocycles. The Morgan fingerprint density at radius 3 is 3.18 bits per heavy atom. The van der Waals surface area contributed by atoms with Gasteiger partial charge in [-0.1, -0.05) is 18.2 Å². The van der Waals surface area contributed by atoms with Crippen molar-refractivity contribution in [3.8, 4) is 0 Å². The first kappa shape index (κ1) is 10.9. The van der Waals surface area contributed by atoms with Gasteiger partial charge in [0.05, 0.1) is 14.9 Å². The number of allylic oxidation sites excluding steroid dienone is 4. The van der Waals surface area contributed by atoms with E-state index < -0.39 is 0 Å². The first-order chi connectivity index (χ1) is 8.38. The van der Waals surface area contributed by atoms with E-state index in [1.165, 1.54) is 26.0 Å². The van der Waals surface area contributed by atoms with Gasteiger partial charge in [0.1, 0.15) is 0 Å². The molecule has 0 atom stereocenters. The second-order valence-corrected chi connectivity index (χ2v) is 5.56. The van der Waals surface area contributed by atoms with Gasteiger partial charge in [0.15, 0.2) is 0 Å². The minimum atomic E-state index is 0.784. The highest BCUT2D eigenvalue weighted by Crippen LogP contribution is 2.23. The molecule has 3 heteroatoms. The van der Waals surface area contributed by atoms with Crippen LogP contribution in [0.15, 0.2) is 23.8 Å². The topological polar surface area (TPSA) is 38.9 Å². The molecule has 1 aromatic rings. The number of thiazole rings is 1. The van der Waals surface area contributed by atoms with Gasteiger partial charge in [0.25, 0.3) is 0 Å². The molecule has 3 rings (SSSR count). The van der Waals surface area contributed by atoms with Crippen LogP contribution in [0.3, 0.4) is 0 Å². The summed E-state index contributed by atoms with van der Waals surface area (Å²) in [6, 6.07) is 0. The molecule has 0 unspecified atom stereocenters. The minimum absolute atomic E-state index is 0.784. The molecule has 0 spiro atoms. The monoisotopic (exact) mass is 244 g/mol. The normalized spacial score (nSPS) is 16.5. The van der Waals surface area contributed by atoms with E-state index in [1.54, 1.807) is 0 Å². The molecule has 0 fully saturated rings. The molecule has 17 heavy (non-hydrogen) atoms. The van der Waals surface area contributed by atoms with Crippen molar-refractivity contribution in [3.63, 3.8) is 0 Å². The van der Waals surface area contributed by atoms with E-state index in [4.69, 9.17) is 10.7 Å². The summed E-state index contributed by atoms with van der Waals surface area (Å²) >= 11 is 1.84. The lowest BCUT2D eigenvalue weighted by atomic mass is 10.0. The van der Waals surface area contributed by atoms with Crippen LogP contribution >= 0.6 is 11.3 Å². The quantitative estimate of drug-likeness (QED) is 0.810. The zero-order chi connectivity index (χ0) is 11.7. The summed E-state index contributed by atoms with van der Waals surface area (Å²) in [5.41, 5.74) is 8.27. The molecule has 2 N–H and O–H groups in total. The molecule has 88 valence electrons. The zero-order valence-electron chi connectivity index (χ0n) is 9.78. The highest BCUT2D eigenvalue weighted by molar-refractivity contribution is 7.09. The van der Waals surface area contributed by atoms with Gasteiger partial charge in [-0.3, -0.25) is 0 Å². The average Bonchev–Trinajstić information content (AvgIpc) is 2.86. The van der Waals surface area contributed by atoms with Crippen LogP contribution in [-0.2, 0) is 6.42 Å². The van der Waals surface area contributed by atoms with Gasteiger partial charge in [-0.2, -0.15) is 0 Å². The maximum absolute atomic E-state index is 5.51. The summed E-state index contributed by atoms with van der Waals surface area (Å²) < 4.78 is 1.35. The molecule has 0 aliphatic heterocycles. The molecular formula is C14H16N2S. The highest BCUT2D eigenvalue weighted by atomic mass is 32.1. The molecule has 0 bridgehead atoms. The van der Waals surface area contributed by atoms with Crippen molar-refractivity contribution in [2.45, 2.75) is 25.7 Å². The minimum Gasteiger partial charge on any atom is -0.330 e. The zero-order valence-corrected chi connectivity index (χ0v) is 10.6. The van der Waals surface area contributed by atoms with Crippen molar-refractivity contribution in [1.29, 1.82) is 0 Å². The number of nitrogens with zero attached hydrogens (tertiary/aromatic N) is 1. The molecule has 0 amide bonds. The lowest BCUT2D eigenvalue weighted by Crippen LogP contribution is -2.19. The molecule has 0 saturated heterocycles. The number of aryl methyl sites for hydroxylation is 1. The van der Waals surface area contributed by atoms with Crippen molar-refractivity contribution in [2.24, 2.45) is 5.73 Å². The number of rotatable bonds is 4. The van der Waals surface area contributed by atoms with Crippen LogP contribution in [0, 0.1) is 0 Å². The Bertz CT molecular complexity index is 605. The second-order valence-electron chi connectivity index (χ2n) is 4.44. The molecule has 0 saturated carbocycles. The third-order valence-electron chi connectivity index (χ3n) is 3.20. The molecule has 2 aliphatic rings. The SMILES string of the molecule is NCCCCc1nc2c(s1)=CC1=CC=CCC=21. The summed E-state index contributed by atoms with van der Waals surface area (Å²) in [4.78, 5) is 4.78.